The average molecular weight is 267 g/mol. The molecule has 1 aliphatic carbocycles. The molecular formula is C13H24F3NO. The molecule has 1 N–H and O–H groups in total. The van der Waals surface area contributed by atoms with E-state index >= 15 is 0 Å². The number of hydrogen-bond donors (Lipinski definition) is 1. The van der Waals surface area contributed by atoms with Crippen molar-refractivity contribution in [2.75, 3.05) is 13.1 Å². The lowest BCUT2D eigenvalue weighted by atomic mass is 9.80. The van der Waals surface area contributed by atoms with Gasteiger partial charge in [0.1, 0.15) is 0 Å². The van der Waals surface area contributed by atoms with Gasteiger partial charge in [0.15, 0.2) is 0 Å². The summed E-state index contributed by atoms with van der Waals surface area (Å²) >= 11 is 0. The molecule has 0 amide bonds. The van der Waals surface area contributed by atoms with Gasteiger partial charge in [-0.25, -0.2) is 0 Å². The summed E-state index contributed by atoms with van der Waals surface area (Å²) in [5.41, 5.74) is 0. The lowest BCUT2D eigenvalue weighted by molar-refractivity contribution is -0.126. The predicted octanol–water partition coefficient (Wildman–Crippen LogP) is 3.37. The van der Waals surface area contributed by atoms with Crippen LogP contribution in [0.1, 0.15) is 40.0 Å². The smallest absolute Gasteiger partial charge is 0.374 e. The molecule has 4 atom stereocenters. The lowest BCUT2D eigenvalue weighted by Gasteiger charge is -2.33. The van der Waals surface area contributed by atoms with Crippen LogP contribution in [0, 0.1) is 11.8 Å². The molecule has 18 heavy (non-hydrogen) atoms. The monoisotopic (exact) mass is 267 g/mol. The minimum atomic E-state index is -4.14. The van der Waals surface area contributed by atoms with Gasteiger partial charge in [-0.05, 0) is 38.0 Å². The van der Waals surface area contributed by atoms with E-state index in [0.717, 1.165) is 25.2 Å². The van der Waals surface area contributed by atoms with Gasteiger partial charge in [0.05, 0.1) is 18.8 Å². The Morgan fingerprint density at radius 3 is 2.44 bits per heavy atom. The van der Waals surface area contributed by atoms with Crippen molar-refractivity contribution in [2.24, 2.45) is 11.8 Å². The first-order valence-corrected chi connectivity index (χ1v) is 6.71. The molecular weight excluding hydrogens is 243 g/mol. The van der Waals surface area contributed by atoms with E-state index in [1.807, 2.05) is 6.92 Å². The Morgan fingerprint density at radius 2 is 1.89 bits per heavy atom. The number of rotatable bonds is 5. The van der Waals surface area contributed by atoms with E-state index in [1.165, 1.54) is 0 Å². The summed E-state index contributed by atoms with van der Waals surface area (Å²) in [5, 5.41) is 2.38. The number of halogens is 3. The zero-order valence-corrected chi connectivity index (χ0v) is 11.4. The molecule has 0 heterocycles. The molecule has 0 radical (unpaired) electrons. The van der Waals surface area contributed by atoms with Gasteiger partial charge in [0.2, 0.25) is 0 Å². The average Bonchev–Trinajstić information content (AvgIpc) is 2.21. The second-order valence-corrected chi connectivity index (χ2v) is 5.58. The zero-order valence-electron chi connectivity index (χ0n) is 11.4. The van der Waals surface area contributed by atoms with Crippen molar-refractivity contribution in [1.29, 1.82) is 0 Å². The maximum Gasteiger partial charge on any atom is 0.401 e. The molecule has 0 bridgehead atoms. The summed E-state index contributed by atoms with van der Waals surface area (Å²) < 4.78 is 41.7. The van der Waals surface area contributed by atoms with Gasteiger partial charge in [-0.2, -0.15) is 13.2 Å². The van der Waals surface area contributed by atoms with Crippen LogP contribution in [0.3, 0.4) is 0 Å². The first-order valence-electron chi connectivity index (χ1n) is 6.71. The van der Waals surface area contributed by atoms with Crippen LogP contribution >= 0.6 is 0 Å². The van der Waals surface area contributed by atoms with Crippen LogP contribution in [0.4, 0.5) is 13.2 Å². The number of nitrogens with one attached hydrogen (secondary N) is 1. The highest BCUT2D eigenvalue weighted by molar-refractivity contribution is 4.76. The maximum absolute atomic E-state index is 12.0. The fourth-order valence-electron chi connectivity index (χ4n) is 2.42. The summed E-state index contributed by atoms with van der Waals surface area (Å²) in [4.78, 5) is 0. The van der Waals surface area contributed by atoms with E-state index in [-0.39, 0.29) is 18.8 Å². The van der Waals surface area contributed by atoms with Crippen LogP contribution in [-0.2, 0) is 4.74 Å². The minimum absolute atomic E-state index is 0.169. The van der Waals surface area contributed by atoms with Gasteiger partial charge in [0.25, 0.3) is 0 Å². The molecule has 0 aromatic heterocycles. The molecule has 108 valence electrons. The highest BCUT2D eigenvalue weighted by atomic mass is 19.4. The summed E-state index contributed by atoms with van der Waals surface area (Å²) in [6.45, 7) is 5.59. The van der Waals surface area contributed by atoms with Crippen molar-refractivity contribution < 1.29 is 17.9 Å². The summed E-state index contributed by atoms with van der Waals surface area (Å²) in [5.74, 6) is 1.36. The van der Waals surface area contributed by atoms with Gasteiger partial charge in [-0.1, -0.05) is 13.8 Å². The van der Waals surface area contributed by atoms with Crippen molar-refractivity contribution in [3.8, 4) is 0 Å². The first-order chi connectivity index (χ1) is 8.28. The topological polar surface area (TPSA) is 21.3 Å². The third-order valence-electron chi connectivity index (χ3n) is 3.73. The number of alkyl halides is 3. The lowest BCUT2D eigenvalue weighted by Crippen LogP contribution is -2.37. The fourth-order valence-corrected chi connectivity index (χ4v) is 2.42. The Kier molecular flexibility index (Phi) is 5.92. The molecule has 0 aliphatic heterocycles. The van der Waals surface area contributed by atoms with Gasteiger partial charge in [-0.15, -0.1) is 0 Å². The number of hydrogen-bond acceptors (Lipinski definition) is 2. The molecule has 1 fully saturated rings. The van der Waals surface area contributed by atoms with E-state index in [0.29, 0.717) is 5.92 Å². The largest absolute Gasteiger partial charge is 0.401 e. The van der Waals surface area contributed by atoms with Crippen molar-refractivity contribution in [3.05, 3.63) is 0 Å². The SMILES string of the molecule is CC(CNCC(F)(F)F)OC1CCC(C)C(C)C1. The van der Waals surface area contributed by atoms with Crippen molar-refractivity contribution in [1.82, 2.24) is 5.32 Å². The molecule has 2 nitrogen and oxygen atoms in total. The van der Waals surface area contributed by atoms with E-state index in [1.54, 1.807) is 0 Å². The standard InChI is InChI=1S/C13H24F3NO/c1-9-4-5-12(6-10(9)2)18-11(3)7-17-8-13(14,15)16/h9-12,17H,4-8H2,1-3H3. The van der Waals surface area contributed by atoms with Crippen LogP contribution in [0.5, 0.6) is 0 Å². The molecule has 0 saturated heterocycles. The molecule has 0 aromatic rings. The highest BCUT2D eigenvalue weighted by Gasteiger charge is 2.28. The van der Waals surface area contributed by atoms with Crippen LogP contribution in [0.15, 0.2) is 0 Å². The van der Waals surface area contributed by atoms with Gasteiger partial charge < -0.3 is 10.1 Å². The van der Waals surface area contributed by atoms with Crippen LogP contribution < -0.4 is 5.32 Å². The van der Waals surface area contributed by atoms with Crippen LogP contribution in [0.2, 0.25) is 0 Å². The van der Waals surface area contributed by atoms with Gasteiger partial charge in [0, 0.05) is 6.54 Å². The predicted molar refractivity (Wildman–Crippen MR) is 65.4 cm³/mol. The minimum Gasteiger partial charge on any atom is -0.374 e. The van der Waals surface area contributed by atoms with E-state index in [9.17, 15) is 13.2 Å². The summed E-state index contributed by atoms with van der Waals surface area (Å²) in [6, 6.07) is 0. The fraction of sp³-hybridized carbons (Fsp3) is 1.00. The van der Waals surface area contributed by atoms with Crippen molar-refractivity contribution in [2.45, 2.75) is 58.4 Å². The Morgan fingerprint density at radius 1 is 1.22 bits per heavy atom. The molecule has 1 rings (SSSR count). The molecule has 4 unspecified atom stereocenters. The summed E-state index contributed by atoms with van der Waals surface area (Å²) in [6.07, 6.45) is -0.917. The second kappa shape index (κ2) is 6.75. The Labute approximate surface area is 107 Å². The van der Waals surface area contributed by atoms with Crippen molar-refractivity contribution >= 4 is 0 Å². The molecule has 1 aliphatic rings. The quantitative estimate of drug-likeness (QED) is 0.824. The van der Waals surface area contributed by atoms with E-state index < -0.39 is 12.7 Å². The molecule has 0 spiro atoms. The summed E-state index contributed by atoms with van der Waals surface area (Å²) in [7, 11) is 0. The zero-order chi connectivity index (χ0) is 13.8. The normalized spacial score (nSPS) is 31.3. The Balaban J connectivity index is 2.18. The Hall–Kier alpha value is -0.290. The maximum atomic E-state index is 12.0. The van der Waals surface area contributed by atoms with Crippen molar-refractivity contribution in [3.63, 3.8) is 0 Å². The highest BCUT2D eigenvalue weighted by Crippen LogP contribution is 2.31. The van der Waals surface area contributed by atoms with Gasteiger partial charge >= 0.3 is 6.18 Å². The van der Waals surface area contributed by atoms with Crippen LogP contribution in [0.25, 0.3) is 0 Å². The third-order valence-corrected chi connectivity index (χ3v) is 3.73. The molecule has 5 heteroatoms. The van der Waals surface area contributed by atoms with Crippen LogP contribution in [-0.4, -0.2) is 31.5 Å². The van der Waals surface area contributed by atoms with Gasteiger partial charge in [-0.3, -0.25) is 0 Å². The first kappa shape index (κ1) is 15.8. The second-order valence-electron chi connectivity index (χ2n) is 5.58. The molecule has 0 aromatic carbocycles. The van der Waals surface area contributed by atoms with E-state index in [4.69, 9.17) is 4.74 Å². The Bertz CT molecular complexity index is 245. The number of ether oxygens (including phenoxy) is 1. The molecule has 1 saturated carbocycles. The van der Waals surface area contributed by atoms with E-state index in [2.05, 4.69) is 19.2 Å². The third kappa shape index (κ3) is 6.05.